The van der Waals surface area contributed by atoms with Gasteiger partial charge < -0.3 is 14.6 Å². The second-order valence-corrected chi connectivity index (χ2v) is 4.59. The van der Waals surface area contributed by atoms with Crippen LogP contribution in [-0.4, -0.2) is 28.6 Å². The van der Waals surface area contributed by atoms with Gasteiger partial charge in [-0.05, 0) is 32.9 Å². The van der Waals surface area contributed by atoms with E-state index in [4.69, 9.17) is 14.6 Å². The van der Waals surface area contributed by atoms with Crippen LogP contribution in [0.2, 0.25) is 0 Å². The molecule has 0 fully saturated rings. The topological polar surface area (TPSA) is 72.8 Å². The Morgan fingerprint density at radius 2 is 2.11 bits per heavy atom. The van der Waals surface area contributed by atoms with Gasteiger partial charge in [0.15, 0.2) is 0 Å². The minimum Gasteiger partial charge on any atom is -0.491 e. The first kappa shape index (κ1) is 12.4. The van der Waals surface area contributed by atoms with Crippen LogP contribution in [0.4, 0.5) is 0 Å². The standard InChI is InChI=1S/C13H14O5/c1-7(2)17-8-4-5-9-10(6-8)18-13(3,11(9)14)12(15)16/h4-7H,1-3H3,(H,15,16). The number of carboxylic acid groups (broad SMARTS) is 1. The number of rotatable bonds is 3. The largest absolute Gasteiger partial charge is 0.491 e. The van der Waals surface area contributed by atoms with E-state index in [1.165, 1.54) is 13.0 Å². The fourth-order valence-corrected chi connectivity index (χ4v) is 1.78. The zero-order chi connectivity index (χ0) is 13.5. The van der Waals surface area contributed by atoms with Crippen molar-refractivity contribution in [2.75, 3.05) is 0 Å². The highest BCUT2D eigenvalue weighted by Gasteiger charge is 2.50. The normalized spacial score (nSPS) is 21.7. The van der Waals surface area contributed by atoms with Crippen molar-refractivity contribution in [3.8, 4) is 11.5 Å². The lowest BCUT2D eigenvalue weighted by atomic mass is 9.98. The Labute approximate surface area is 104 Å². The Kier molecular flexibility index (Phi) is 2.77. The third-order valence-corrected chi connectivity index (χ3v) is 2.72. The van der Waals surface area contributed by atoms with E-state index in [0.717, 1.165) is 0 Å². The molecular weight excluding hydrogens is 236 g/mol. The Morgan fingerprint density at radius 3 is 2.67 bits per heavy atom. The van der Waals surface area contributed by atoms with E-state index in [2.05, 4.69) is 0 Å². The van der Waals surface area contributed by atoms with Gasteiger partial charge in [0.25, 0.3) is 5.60 Å². The molecule has 0 aromatic heterocycles. The van der Waals surface area contributed by atoms with Crippen molar-refractivity contribution < 1.29 is 24.2 Å². The lowest BCUT2D eigenvalue weighted by molar-refractivity contribution is -0.148. The summed E-state index contributed by atoms with van der Waals surface area (Å²) in [5.41, 5.74) is -1.56. The zero-order valence-electron chi connectivity index (χ0n) is 10.4. The maximum atomic E-state index is 11.9. The highest BCUT2D eigenvalue weighted by molar-refractivity contribution is 6.18. The van der Waals surface area contributed by atoms with Crippen molar-refractivity contribution >= 4 is 11.8 Å². The number of hydrogen-bond donors (Lipinski definition) is 1. The van der Waals surface area contributed by atoms with Crippen molar-refractivity contribution in [2.45, 2.75) is 32.5 Å². The number of benzene rings is 1. The van der Waals surface area contributed by atoms with Crippen molar-refractivity contribution in [3.63, 3.8) is 0 Å². The van der Waals surface area contributed by atoms with Gasteiger partial charge in [0, 0.05) is 6.07 Å². The monoisotopic (exact) mass is 250 g/mol. The van der Waals surface area contributed by atoms with E-state index in [9.17, 15) is 9.59 Å². The molecule has 1 aliphatic rings. The van der Waals surface area contributed by atoms with Gasteiger partial charge in [0.1, 0.15) is 11.5 Å². The fourth-order valence-electron chi connectivity index (χ4n) is 1.78. The summed E-state index contributed by atoms with van der Waals surface area (Å²) in [7, 11) is 0. The summed E-state index contributed by atoms with van der Waals surface area (Å²) in [4.78, 5) is 23.0. The average molecular weight is 250 g/mol. The highest BCUT2D eigenvalue weighted by atomic mass is 16.5. The summed E-state index contributed by atoms with van der Waals surface area (Å²) in [6.07, 6.45) is -0.00832. The van der Waals surface area contributed by atoms with E-state index < -0.39 is 17.4 Å². The SMILES string of the molecule is CC(C)Oc1ccc2c(c1)OC(C)(C(=O)O)C2=O. The van der Waals surface area contributed by atoms with Crippen molar-refractivity contribution in [1.82, 2.24) is 0 Å². The molecule has 1 heterocycles. The molecule has 5 heteroatoms. The van der Waals surface area contributed by atoms with Crippen LogP contribution >= 0.6 is 0 Å². The minimum absolute atomic E-state index is 0.00832. The zero-order valence-corrected chi connectivity index (χ0v) is 10.4. The van der Waals surface area contributed by atoms with Crippen molar-refractivity contribution in [2.24, 2.45) is 0 Å². The van der Waals surface area contributed by atoms with E-state index in [1.54, 1.807) is 12.1 Å². The number of hydrogen-bond acceptors (Lipinski definition) is 4. The Bertz CT molecular complexity index is 520. The molecule has 0 radical (unpaired) electrons. The molecule has 1 aromatic carbocycles. The number of ether oxygens (including phenoxy) is 2. The number of ketones is 1. The van der Waals surface area contributed by atoms with Crippen LogP contribution in [0.1, 0.15) is 31.1 Å². The van der Waals surface area contributed by atoms with E-state index in [1.807, 2.05) is 13.8 Å². The Morgan fingerprint density at radius 1 is 1.44 bits per heavy atom. The molecule has 0 bridgehead atoms. The van der Waals surface area contributed by atoms with Crippen molar-refractivity contribution in [1.29, 1.82) is 0 Å². The molecule has 1 N–H and O–H groups in total. The van der Waals surface area contributed by atoms with Crippen LogP contribution in [0.15, 0.2) is 18.2 Å². The van der Waals surface area contributed by atoms with Gasteiger partial charge in [0.05, 0.1) is 11.7 Å². The number of aliphatic carboxylic acids is 1. The van der Waals surface area contributed by atoms with Gasteiger partial charge in [-0.15, -0.1) is 0 Å². The fraction of sp³-hybridized carbons (Fsp3) is 0.385. The molecule has 0 saturated carbocycles. The molecule has 1 aliphatic heterocycles. The molecule has 2 rings (SSSR count). The molecule has 0 saturated heterocycles. The molecule has 5 nitrogen and oxygen atoms in total. The number of carboxylic acids is 1. The number of carbonyl (C=O) groups excluding carboxylic acids is 1. The molecule has 18 heavy (non-hydrogen) atoms. The maximum Gasteiger partial charge on any atom is 0.356 e. The van der Waals surface area contributed by atoms with Crippen LogP contribution in [0.3, 0.4) is 0 Å². The molecule has 1 unspecified atom stereocenters. The quantitative estimate of drug-likeness (QED) is 0.829. The predicted octanol–water partition coefficient (Wildman–Crippen LogP) is 1.89. The summed E-state index contributed by atoms with van der Waals surface area (Å²) in [5.74, 6) is -1.04. The Hall–Kier alpha value is -2.04. The van der Waals surface area contributed by atoms with Gasteiger partial charge in [-0.3, -0.25) is 4.79 Å². The van der Waals surface area contributed by atoms with Crippen LogP contribution < -0.4 is 9.47 Å². The first-order valence-electron chi connectivity index (χ1n) is 5.62. The van der Waals surface area contributed by atoms with E-state index in [0.29, 0.717) is 5.75 Å². The van der Waals surface area contributed by atoms with Gasteiger partial charge in [-0.2, -0.15) is 0 Å². The number of Topliss-reactive ketones (excluding diaryl/α,β-unsaturated/α-hetero) is 1. The first-order valence-corrected chi connectivity index (χ1v) is 5.62. The summed E-state index contributed by atoms with van der Waals surface area (Å²) in [6, 6.07) is 4.71. The number of carbonyl (C=O) groups is 2. The second-order valence-electron chi connectivity index (χ2n) is 4.59. The van der Waals surface area contributed by atoms with Gasteiger partial charge in [-0.1, -0.05) is 0 Å². The van der Waals surface area contributed by atoms with Crippen LogP contribution in [0.25, 0.3) is 0 Å². The second kappa shape index (κ2) is 4.01. The predicted molar refractivity (Wildman–Crippen MR) is 63.2 cm³/mol. The van der Waals surface area contributed by atoms with Gasteiger partial charge >= 0.3 is 5.97 Å². The Balaban J connectivity index is 2.37. The lowest BCUT2D eigenvalue weighted by Crippen LogP contribution is -2.44. The van der Waals surface area contributed by atoms with Gasteiger partial charge in [-0.25, -0.2) is 4.79 Å². The summed E-state index contributed by atoms with van der Waals surface area (Å²) in [6.45, 7) is 5.00. The summed E-state index contributed by atoms with van der Waals surface area (Å²) in [5, 5.41) is 9.05. The van der Waals surface area contributed by atoms with Gasteiger partial charge in [0.2, 0.25) is 5.78 Å². The molecule has 1 atom stereocenters. The first-order chi connectivity index (χ1) is 8.34. The van der Waals surface area contributed by atoms with E-state index >= 15 is 0 Å². The van der Waals surface area contributed by atoms with Crippen LogP contribution in [0, 0.1) is 0 Å². The minimum atomic E-state index is -1.83. The number of fused-ring (bicyclic) bond motifs is 1. The van der Waals surface area contributed by atoms with Crippen molar-refractivity contribution in [3.05, 3.63) is 23.8 Å². The van der Waals surface area contributed by atoms with Crippen LogP contribution in [-0.2, 0) is 4.79 Å². The third kappa shape index (κ3) is 1.81. The molecule has 0 aliphatic carbocycles. The lowest BCUT2D eigenvalue weighted by Gasteiger charge is -2.16. The summed E-state index contributed by atoms with van der Waals surface area (Å²) >= 11 is 0. The van der Waals surface area contributed by atoms with E-state index in [-0.39, 0.29) is 17.4 Å². The molecule has 96 valence electrons. The molecule has 1 aromatic rings. The molecular formula is C13H14O5. The highest BCUT2D eigenvalue weighted by Crippen LogP contribution is 2.37. The summed E-state index contributed by atoms with van der Waals surface area (Å²) < 4.78 is 10.7. The molecule has 0 amide bonds. The van der Waals surface area contributed by atoms with Crippen LogP contribution in [0.5, 0.6) is 11.5 Å². The maximum absolute atomic E-state index is 11.9. The third-order valence-electron chi connectivity index (χ3n) is 2.72. The average Bonchev–Trinajstić information content (AvgIpc) is 2.51. The smallest absolute Gasteiger partial charge is 0.356 e. The molecule has 0 spiro atoms.